The minimum atomic E-state index is 0.521. The zero-order valence-corrected chi connectivity index (χ0v) is 27.7. The second-order valence-corrected chi connectivity index (χ2v) is 14.2. The molecular weight excluding hydrogens is 581 g/mol. The third-order valence-corrected chi connectivity index (χ3v) is 11.2. The summed E-state index contributed by atoms with van der Waals surface area (Å²) in [5, 5.41) is 4.98. The zero-order chi connectivity index (χ0) is 31.9. The van der Waals surface area contributed by atoms with Crippen molar-refractivity contribution in [2.45, 2.75) is 76.0 Å². The lowest BCUT2D eigenvalue weighted by atomic mass is 9.85. The fourth-order valence-electron chi connectivity index (χ4n) is 8.63. The zero-order valence-electron chi connectivity index (χ0n) is 27.7. The number of aromatic nitrogens is 2. The van der Waals surface area contributed by atoms with Gasteiger partial charge in [-0.25, -0.2) is 0 Å². The summed E-state index contributed by atoms with van der Waals surface area (Å²) in [4.78, 5) is 10.9. The van der Waals surface area contributed by atoms with Crippen molar-refractivity contribution in [1.29, 1.82) is 0 Å². The first-order valence-electron chi connectivity index (χ1n) is 18.2. The van der Waals surface area contributed by atoms with Crippen LogP contribution in [0.2, 0.25) is 0 Å². The molecule has 7 aromatic rings. The van der Waals surface area contributed by atoms with Crippen LogP contribution in [0.4, 0.5) is 0 Å². The normalized spacial score (nSPS) is 16.2. The van der Waals surface area contributed by atoms with Crippen molar-refractivity contribution >= 4 is 32.6 Å². The molecule has 2 nitrogen and oxygen atoms in total. The molecule has 236 valence electrons. The number of hydrogen-bond donors (Lipinski definition) is 0. The van der Waals surface area contributed by atoms with Crippen LogP contribution in [-0.2, 0) is 0 Å². The molecule has 2 fully saturated rings. The summed E-state index contributed by atoms with van der Waals surface area (Å²) in [7, 11) is 0. The molecule has 9 rings (SSSR count). The van der Waals surface area contributed by atoms with Gasteiger partial charge in [0.15, 0.2) is 0 Å². The van der Waals surface area contributed by atoms with Gasteiger partial charge in [0.25, 0.3) is 0 Å². The fourth-order valence-corrected chi connectivity index (χ4v) is 8.63. The van der Waals surface area contributed by atoms with Crippen molar-refractivity contribution in [2.75, 3.05) is 0 Å². The third-order valence-electron chi connectivity index (χ3n) is 11.2. The molecule has 2 heterocycles. The van der Waals surface area contributed by atoms with Crippen LogP contribution in [0.3, 0.4) is 0 Å². The molecule has 2 aliphatic rings. The Bertz CT molecular complexity index is 2240. The summed E-state index contributed by atoms with van der Waals surface area (Å²) in [5.74, 6) is 1.09. The van der Waals surface area contributed by atoms with Crippen molar-refractivity contribution in [3.63, 3.8) is 0 Å². The first-order valence-corrected chi connectivity index (χ1v) is 18.2. The maximum atomic E-state index is 5.47. The van der Waals surface area contributed by atoms with E-state index >= 15 is 0 Å². The number of pyridine rings is 2. The number of nitrogens with zero attached hydrogens (tertiary/aromatic N) is 2. The second-order valence-electron chi connectivity index (χ2n) is 14.2. The van der Waals surface area contributed by atoms with E-state index in [0.717, 1.165) is 11.0 Å². The number of hydrogen-bond acceptors (Lipinski definition) is 2. The third kappa shape index (κ3) is 5.38. The highest BCUT2D eigenvalue weighted by Crippen LogP contribution is 2.41. The summed E-state index contributed by atoms with van der Waals surface area (Å²) in [5.41, 5.74) is 12.2. The van der Waals surface area contributed by atoms with Gasteiger partial charge in [0.1, 0.15) is 0 Å². The predicted octanol–water partition coefficient (Wildman–Crippen LogP) is 13.0. The number of rotatable bonds is 5. The molecule has 0 N–H and O–H groups in total. The van der Waals surface area contributed by atoms with Crippen LogP contribution >= 0.6 is 0 Å². The Kier molecular flexibility index (Phi) is 7.73. The molecule has 0 unspecified atom stereocenters. The monoisotopic (exact) mass is 622 g/mol. The predicted molar refractivity (Wildman–Crippen MR) is 203 cm³/mol. The fraction of sp³-hybridized carbons (Fsp3) is 0.261. The number of fused-ring (bicyclic) bond motifs is 4. The maximum absolute atomic E-state index is 5.47. The molecule has 2 heteroatoms. The van der Waals surface area contributed by atoms with Gasteiger partial charge in [-0.1, -0.05) is 148 Å². The highest BCUT2D eigenvalue weighted by molar-refractivity contribution is 6.09. The van der Waals surface area contributed by atoms with Crippen LogP contribution in [0.25, 0.3) is 66.0 Å². The van der Waals surface area contributed by atoms with Crippen LogP contribution in [0.1, 0.15) is 87.4 Å². The molecule has 2 aromatic heterocycles. The van der Waals surface area contributed by atoms with Crippen LogP contribution < -0.4 is 0 Å². The van der Waals surface area contributed by atoms with E-state index in [1.807, 2.05) is 0 Å². The molecule has 0 atom stereocenters. The van der Waals surface area contributed by atoms with E-state index in [9.17, 15) is 0 Å². The Morgan fingerprint density at radius 2 is 0.896 bits per heavy atom. The average Bonchev–Trinajstić information content (AvgIpc) is 3.18. The smallest absolute Gasteiger partial charge is 0.0974 e. The largest absolute Gasteiger partial charge is 0.250 e. The van der Waals surface area contributed by atoms with Crippen molar-refractivity contribution in [2.24, 2.45) is 0 Å². The lowest BCUT2D eigenvalue weighted by Crippen LogP contribution is -2.08. The van der Waals surface area contributed by atoms with Gasteiger partial charge < -0.3 is 0 Å². The molecule has 0 saturated heterocycles. The van der Waals surface area contributed by atoms with Crippen molar-refractivity contribution in [3.05, 3.63) is 133 Å². The van der Waals surface area contributed by atoms with Gasteiger partial charge in [-0.15, -0.1) is 0 Å². The molecule has 0 aliphatic heterocycles. The van der Waals surface area contributed by atoms with E-state index < -0.39 is 0 Å². The quantitative estimate of drug-likeness (QED) is 0.179. The lowest BCUT2D eigenvalue weighted by molar-refractivity contribution is 0.437. The van der Waals surface area contributed by atoms with Gasteiger partial charge in [-0.3, -0.25) is 9.97 Å². The second kappa shape index (κ2) is 12.7. The molecule has 2 aliphatic carbocycles. The Morgan fingerprint density at radius 3 is 1.54 bits per heavy atom. The van der Waals surface area contributed by atoms with Gasteiger partial charge in [0, 0.05) is 34.0 Å². The van der Waals surface area contributed by atoms with Crippen molar-refractivity contribution < 1.29 is 0 Å². The molecule has 0 spiro atoms. The van der Waals surface area contributed by atoms with Crippen LogP contribution in [0.15, 0.2) is 121 Å². The highest BCUT2D eigenvalue weighted by Gasteiger charge is 2.22. The SMILES string of the molecule is c1ccc(-c2ccc(-c3ccc(-c4cc(C5CCCCC5)nc5c4ccc4ccc(C6CCCCC6)nc45)cc3)c3ccccc23)cc1. The number of benzene rings is 5. The minimum absolute atomic E-state index is 0.521. The average molecular weight is 623 g/mol. The lowest BCUT2D eigenvalue weighted by Gasteiger charge is -2.23. The van der Waals surface area contributed by atoms with Gasteiger partial charge >= 0.3 is 0 Å². The van der Waals surface area contributed by atoms with E-state index in [2.05, 4.69) is 121 Å². The molecule has 0 bridgehead atoms. The van der Waals surface area contributed by atoms with Crippen LogP contribution in [-0.4, -0.2) is 9.97 Å². The van der Waals surface area contributed by atoms with E-state index in [1.54, 1.807) is 0 Å². The molecular formula is C46H42N2. The maximum Gasteiger partial charge on any atom is 0.0974 e. The summed E-state index contributed by atoms with van der Waals surface area (Å²) in [6, 6.07) is 44.9. The Labute approximate surface area is 283 Å². The molecule has 5 aromatic carbocycles. The first-order chi connectivity index (χ1) is 23.8. The summed E-state index contributed by atoms with van der Waals surface area (Å²) < 4.78 is 0. The molecule has 0 radical (unpaired) electrons. The Balaban J connectivity index is 1.16. The summed E-state index contributed by atoms with van der Waals surface area (Å²) in [6.07, 6.45) is 12.9. The van der Waals surface area contributed by atoms with Gasteiger partial charge in [0.2, 0.25) is 0 Å². The summed E-state index contributed by atoms with van der Waals surface area (Å²) in [6.45, 7) is 0. The topological polar surface area (TPSA) is 25.8 Å². The highest BCUT2D eigenvalue weighted by atomic mass is 14.8. The van der Waals surface area contributed by atoms with Crippen LogP contribution in [0.5, 0.6) is 0 Å². The van der Waals surface area contributed by atoms with Gasteiger partial charge in [-0.05, 0) is 82.0 Å². The van der Waals surface area contributed by atoms with Crippen molar-refractivity contribution in [3.8, 4) is 33.4 Å². The molecule has 2 saturated carbocycles. The van der Waals surface area contributed by atoms with E-state index in [1.165, 1.54) is 131 Å². The van der Waals surface area contributed by atoms with Crippen molar-refractivity contribution in [1.82, 2.24) is 9.97 Å². The van der Waals surface area contributed by atoms with E-state index in [4.69, 9.17) is 9.97 Å². The Hall–Kier alpha value is -4.82. The summed E-state index contributed by atoms with van der Waals surface area (Å²) >= 11 is 0. The molecule has 48 heavy (non-hydrogen) atoms. The molecule has 0 amide bonds. The first kappa shape index (κ1) is 29.3. The van der Waals surface area contributed by atoms with Gasteiger partial charge in [0.05, 0.1) is 11.0 Å². The standard InChI is InChI=1S/C46H42N2/c1-4-12-31(13-5-1)37-27-28-38(40-19-11-10-18-39(37)40)32-20-22-33(23-21-32)42-30-44(35-16-8-3-9-17-35)48-46-41(42)26-24-36-25-29-43(47-45(36)46)34-14-6-2-7-15-34/h1,4-5,10-13,18-30,34-35H,2-3,6-9,14-17H2. The van der Waals surface area contributed by atoms with E-state index in [-0.39, 0.29) is 0 Å². The Morgan fingerprint density at radius 1 is 0.375 bits per heavy atom. The van der Waals surface area contributed by atoms with Gasteiger partial charge in [-0.2, -0.15) is 0 Å². The van der Waals surface area contributed by atoms with E-state index in [0.29, 0.717) is 11.8 Å². The van der Waals surface area contributed by atoms with Crippen LogP contribution in [0, 0.1) is 0 Å². The minimum Gasteiger partial charge on any atom is -0.250 e.